The van der Waals surface area contributed by atoms with Crippen molar-refractivity contribution in [2.45, 2.75) is 31.2 Å². The van der Waals surface area contributed by atoms with Gasteiger partial charge in [-0.3, -0.25) is 0 Å². The Balaban J connectivity index is 2.62. The van der Waals surface area contributed by atoms with Gasteiger partial charge < -0.3 is 13.3 Å². The van der Waals surface area contributed by atoms with E-state index in [4.69, 9.17) is 13.3 Å². The highest BCUT2D eigenvalue weighted by Crippen LogP contribution is 2.39. The highest BCUT2D eigenvalue weighted by molar-refractivity contribution is 6.62. The molecule has 86 valence electrons. The van der Waals surface area contributed by atoms with Crippen molar-refractivity contribution in [1.82, 2.24) is 0 Å². The maximum Gasteiger partial charge on any atom is 0.505 e. The van der Waals surface area contributed by atoms with Crippen molar-refractivity contribution in [2.24, 2.45) is 4.99 Å². The Kier molecular flexibility index (Phi) is 5.14. The lowest BCUT2D eigenvalue weighted by molar-refractivity contribution is 0.0905. The molecule has 0 unspecified atom stereocenters. The number of hydrogen-bond donors (Lipinski definition) is 0. The predicted octanol–water partition coefficient (Wildman–Crippen LogP) is 1.47. The van der Waals surface area contributed by atoms with Gasteiger partial charge in [0.05, 0.1) is 0 Å². The van der Waals surface area contributed by atoms with E-state index in [1.54, 1.807) is 14.2 Å². The zero-order valence-electron chi connectivity index (χ0n) is 9.19. The van der Waals surface area contributed by atoms with Gasteiger partial charge >= 0.3 is 8.80 Å². The molecule has 0 heterocycles. The van der Waals surface area contributed by atoms with Crippen LogP contribution in [0.5, 0.6) is 0 Å². The zero-order chi connectivity index (χ0) is 11.1. The minimum atomic E-state index is -2.62. The van der Waals surface area contributed by atoms with Crippen molar-refractivity contribution in [2.75, 3.05) is 21.0 Å². The standard InChI is InChI=1S/C9H17NO4Si/c1-12-15(13-2,14-8-10-7-11)9-5-3-4-6-9/h9H,3-6,8H2,1-2H3. The fraction of sp³-hybridized carbons (Fsp3) is 0.889. The summed E-state index contributed by atoms with van der Waals surface area (Å²) in [7, 11) is 0.572. The van der Waals surface area contributed by atoms with Gasteiger partial charge in [0.25, 0.3) is 0 Å². The monoisotopic (exact) mass is 231 g/mol. The summed E-state index contributed by atoms with van der Waals surface area (Å²) < 4.78 is 16.4. The third-order valence-electron chi connectivity index (χ3n) is 2.82. The van der Waals surface area contributed by atoms with Crippen LogP contribution in [0.15, 0.2) is 4.99 Å². The predicted molar refractivity (Wildman–Crippen MR) is 56.1 cm³/mol. The van der Waals surface area contributed by atoms with Gasteiger partial charge in [-0.2, -0.15) is 4.99 Å². The van der Waals surface area contributed by atoms with Gasteiger partial charge in [-0.05, 0) is 12.8 Å². The quantitative estimate of drug-likeness (QED) is 0.394. The molecule has 0 bridgehead atoms. The third-order valence-corrected chi connectivity index (χ3v) is 6.07. The van der Waals surface area contributed by atoms with E-state index in [9.17, 15) is 4.79 Å². The van der Waals surface area contributed by atoms with Crippen LogP contribution in [0.2, 0.25) is 5.54 Å². The second-order valence-corrected chi connectivity index (χ2v) is 6.64. The maximum absolute atomic E-state index is 9.95. The van der Waals surface area contributed by atoms with E-state index in [2.05, 4.69) is 4.99 Å². The van der Waals surface area contributed by atoms with Gasteiger partial charge in [0, 0.05) is 19.8 Å². The lowest BCUT2D eigenvalue weighted by Crippen LogP contribution is -2.47. The van der Waals surface area contributed by atoms with Crippen LogP contribution in [0.4, 0.5) is 0 Å². The van der Waals surface area contributed by atoms with Crippen LogP contribution in [0.25, 0.3) is 0 Å². The Labute approximate surface area is 90.8 Å². The average molecular weight is 231 g/mol. The van der Waals surface area contributed by atoms with Crippen molar-refractivity contribution in [1.29, 1.82) is 0 Å². The zero-order valence-corrected chi connectivity index (χ0v) is 10.2. The Morgan fingerprint density at radius 2 is 1.93 bits per heavy atom. The molecule has 6 heteroatoms. The van der Waals surface area contributed by atoms with Crippen LogP contribution in [-0.4, -0.2) is 35.8 Å². The summed E-state index contributed by atoms with van der Waals surface area (Å²) >= 11 is 0. The van der Waals surface area contributed by atoms with Gasteiger partial charge in [-0.1, -0.05) is 12.8 Å². The fourth-order valence-electron chi connectivity index (χ4n) is 2.08. The molecule has 0 radical (unpaired) electrons. The van der Waals surface area contributed by atoms with Gasteiger partial charge in [0.2, 0.25) is 6.08 Å². The molecule has 0 spiro atoms. The number of carbonyl (C=O) groups excluding carboxylic acids is 1. The van der Waals surface area contributed by atoms with Crippen LogP contribution in [0.3, 0.4) is 0 Å². The summed E-state index contributed by atoms with van der Waals surface area (Å²) in [5, 5.41) is 0. The molecule has 1 rings (SSSR count). The Morgan fingerprint density at radius 3 is 2.40 bits per heavy atom. The summed E-state index contributed by atoms with van der Waals surface area (Å²) in [5.41, 5.74) is 0.342. The molecule has 0 aliphatic heterocycles. The average Bonchev–Trinajstić information content (AvgIpc) is 2.79. The third kappa shape index (κ3) is 2.96. The highest BCUT2D eigenvalue weighted by Gasteiger charge is 2.48. The molecule has 1 aliphatic carbocycles. The summed E-state index contributed by atoms with van der Waals surface area (Å²) in [6.07, 6.45) is 5.95. The van der Waals surface area contributed by atoms with Crippen LogP contribution < -0.4 is 0 Å². The summed E-state index contributed by atoms with van der Waals surface area (Å²) in [4.78, 5) is 13.3. The first-order chi connectivity index (χ1) is 7.29. The molecule has 0 aromatic rings. The molecule has 15 heavy (non-hydrogen) atoms. The first-order valence-electron chi connectivity index (χ1n) is 5.07. The minimum Gasteiger partial charge on any atom is -0.377 e. The van der Waals surface area contributed by atoms with Crippen LogP contribution in [0, 0.1) is 0 Å². The molecule has 1 saturated carbocycles. The SMILES string of the molecule is CO[Si](OC)(OCN=C=O)C1CCCC1. The molecule has 0 saturated heterocycles. The fourth-order valence-corrected chi connectivity index (χ4v) is 4.74. The molecule has 1 fully saturated rings. The molecule has 0 N–H and O–H groups in total. The Bertz CT molecular complexity index is 232. The maximum atomic E-state index is 9.95. The van der Waals surface area contributed by atoms with Crippen molar-refractivity contribution in [3.63, 3.8) is 0 Å². The lowest BCUT2D eigenvalue weighted by Gasteiger charge is -2.30. The smallest absolute Gasteiger partial charge is 0.377 e. The Morgan fingerprint density at radius 1 is 1.33 bits per heavy atom. The second-order valence-electron chi connectivity index (χ2n) is 3.52. The molecule has 0 amide bonds. The van der Waals surface area contributed by atoms with E-state index in [1.165, 1.54) is 18.9 Å². The van der Waals surface area contributed by atoms with E-state index in [0.29, 0.717) is 5.54 Å². The molecule has 0 aromatic carbocycles. The van der Waals surface area contributed by atoms with E-state index in [-0.39, 0.29) is 6.73 Å². The van der Waals surface area contributed by atoms with E-state index >= 15 is 0 Å². The van der Waals surface area contributed by atoms with Crippen molar-refractivity contribution in [3.8, 4) is 0 Å². The van der Waals surface area contributed by atoms with Crippen LogP contribution >= 0.6 is 0 Å². The summed E-state index contributed by atoms with van der Waals surface area (Å²) in [6.45, 7) is -0.0199. The Hall–Kier alpha value is -0.523. The van der Waals surface area contributed by atoms with Crippen molar-refractivity contribution in [3.05, 3.63) is 0 Å². The number of isocyanates is 1. The first kappa shape index (κ1) is 12.5. The van der Waals surface area contributed by atoms with E-state index in [0.717, 1.165) is 12.8 Å². The van der Waals surface area contributed by atoms with Gasteiger partial charge in [0.15, 0.2) is 0 Å². The van der Waals surface area contributed by atoms with E-state index < -0.39 is 8.80 Å². The summed E-state index contributed by atoms with van der Waals surface area (Å²) in [5.74, 6) is 0. The molecule has 0 atom stereocenters. The molecule has 0 aromatic heterocycles. The number of aliphatic imine (C=N–C) groups is 1. The molecule has 1 aliphatic rings. The number of hydrogen-bond acceptors (Lipinski definition) is 5. The first-order valence-corrected chi connectivity index (χ1v) is 6.87. The van der Waals surface area contributed by atoms with E-state index in [1.807, 2.05) is 0 Å². The second kappa shape index (κ2) is 6.15. The summed E-state index contributed by atoms with van der Waals surface area (Å²) in [6, 6.07) is 0. The van der Waals surface area contributed by atoms with Gasteiger partial charge in [0.1, 0.15) is 6.73 Å². The van der Waals surface area contributed by atoms with Gasteiger partial charge in [-0.25, -0.2) is 4.79 Å². The molecular formula is C9H17NO4Si. The van der Waals surface area contributed by atoms with Crippen molar-refractivity contribution < 1.29 is 18.1 Å². The van der Waals surface area contributed by atoms with Crippen LogP contribution in [-0.2, 0) is 18.1 Å². The normalized spacial score (nSPS) is 17.7. The van der Waals surface area contributed by atoms with Crippen LogP contribution in [0.1, 0.15) is 25.7 Å². The molecule has 5 nitrogen and oxygen atoms in total. The number of rotatable bonds is 6. The minimum absolute atomic E-state index is 0.0199. The highest BCUT2D eigenvalue weighted by atomic mass is 28.4. The number of nitrogens with zero attached hydrogens (tertiary/aromatic N) is 1. The lowest BCUT2D eigenvalue weighted by atomic mass is 10.4. The van der Waals surface area contributed by atoms with Crippen molar-refractivity contribution >= 4 is 14.9 Å². The molecular weight excluding hydrogens is 214 g/mol. The largest absolute Gasteiger partial charge is 0.505 e. The van der Waals surface area contributed by atoms with Gasteiger partial charge in [-0.15, -0.1) is 0 Å². The topological polar surface area (TPSA) is 57.1 Å².